The number of aromatic nitrogens is 1. The van der Waals surface area contributed by atoms with Gasteiger partial charge in [-0.1, -0.05) is 0 Å². The molecule has 4 nitrogen and oxygen atoms in total. The fourth-order valence-electron chi connectivity index (χ4n) is 1.89. The summed E-state index contributed by atoms with van der Waals surface area (Å²) < 4.78 is 2.02. The number of nitrogens with one attached hydrogen (secondary N) is 1. The molecule has 0 aliphatic carbocycles. The lowest BCUT2D eigenvalue weighted by Gasteiger charge is -2.27. The molecular formula is C11H16N4. The molecule has 0 atom stereocenters. The fraction of sp³-hybridized carbons (Fsp3) is 0.545. The average molecular weight is 204 g/mol. The number of piperazine rings is 1. The molecule has 0 spiro atoms. The average Bonchev–Trinajstić information content (AvgIpc) is 2.75. The van der Waals surface area contributed by atoms with Crippen molar-refractivity contribution >= 4 is 0 Å². The van der Waals surface area contributed by atoms with Crippen molar-refractivity contribution in [1.29, 1.82) is 5.26 Å². The number of nitrogens with zero attached hydrogens (tertiary/aromatic N) is 3. The predicted octanol–water partition coefficient (Wildman–Crippen LogP) is 0.265. The summed E-state index contributed by atoms with van der Waals surface area (Å²) in [7, 11) is 0. The molecule has 0 bridgehead atoms. The number of hydrogen-bond donors (Lipinski definition) is 1. The summed E-state index contributed by atoms with van der Waals surface area (Å²) in [5.41, 5.74) is 0.755. The molecule has 4 heteroatoms. The zero-order valence-corrected chi connectivity index (χ0v) is 8.82. The SMILES string of the molecule is N#Cc1cccn1CCN1CCNCC1. The van der Waals surface area contributed by atoms with Gasteiger partial charge in [-0.25, -0.2) is 0 Å². The minimum atomic E-state index is 0.755. The number of hydrogen-bond acceptors (Lipinski definition) is 3. The van der Waals surface area contributed by atoms with E-state index in [1.807, 2.05) is 22.9 Å². The summed E-state index contributed by atoms with van der Waals surface area (Å²) in [5.74, 6) is 0. The molecule has 1 aliphatic heterocycles. The van der Waals surface area contributed by atoms with Crippen molar-refractivity contribution in [3.05, 3.63) is 24.0 Å². The summed E-state index contributed by atoms with van der Waals surface area (Å²) in [4.78, 5) is 2.43. The molecule has 0 saturated carbocycles. The van der Waals surface area contributed by atoms with Crippen molar-refractivity contribution in [3.8, 4) is 6.07 Å². The third-order valence-electron chi connectivity index (χ3n) is 2.81. The van der Waals surface area contributed by atoms with Gasteiger partial charge >= 0.3 is 0 Å². The van der Waals surface area contributed by atoms with Gasteiger partial charge in [-0.3, -0.25) is 4.90 Å². The molecule has 1 aromatic rings. The Labute approximate surface area is 90.1 Å². The molecule has 2 heterocycles. The topological polar surface area (TPSA) is 44.0 Å². The Kier molecular flexibility index (Phi) is 3.38. The lowest BCUT2D eigenvalue weighted by Crippen LogP contribution is -2.44. The van der Waals surface area contributed by atoms with E-state index in [2.05, 4.69) is 16.3 Å². The lowest BCUT2D eigenvalue weighted by molar-refractivity contribution is 0.232. The highest BCUT2D eigenvalue weighted by molar-refractivity contribution is 5.21. The molecule has 1 fully saturated rings. The van der Waals surface area contributed by atoms with E-state index in [0.29, 0.717) is 0 Å². The van der Waals surface area contributed by atoms with E-state index in [4.69, 9.17) is 5.26 Å². The highest BCUT2D eigenvalue weighted by Gasteiger charge is 2.09. The second kappa shape index (κ2) is 4.96. The first-order chi connectivity index (χ1) is 7.40. The maximum Gasteiger partial charge on any atom is 0.120 e. The summed E-state index contributed by atoms with van der Waals surface area (Å²) >= 11 is 0. The normalized spacial score (nSPS) is 17.5. The first-order valence-electron chi connectivity index (χ1n) is 5.38. The first kappa shape index (κ1) is 10.2. The predicted molar refractivity (Wildman–Crippen MR) is 58.5 cm³/mol. The van der Waals surface area contributed by atoms with Gasteiger partial charge in [0, 0.05) is 45.5 Å². The van der Waals surface area contributed by atoms with Crippen LogP contribution in [0, 0.1) is 11.3 Å². The standard InChI is InChI=1S/C11H16N4/c12-10-11-2-1-5-15(11)9-8-14-6-3-13-4-7-14/h1-2,5,13H,3-4,6-9H2. The van der Waals surface area contributed by atoms with Gasteiger partial charge in [-0.15, -0.1) is 0 Å². The Morgan fingerprint density at radius 3 is 2.87 bits per heavy atom. The van der Waals surface area contributed by atoms with Crippen molar-refractivity contribution in [1.82, 2.24) is 14.8 Å². The highest BCUT2D eigenvalue weighted by Crippen LogP contribution is 2.01. The van der Waals surface area contributed by atoms with Crippen LogP contribution in [0.3, 0.4) is 0 Å². The fourth-order valence-corrected chi connectivity index (χ4v) is 1.89. The molecule has 15 heavy (non-hydrogen) atoms. The highest BCUT2D eigenvalue weighted by atomic mass is 15.2. The van der Waals surface area contributed by atoms with Crippen molar-refractivity contribution in [2.45, 2.75) is 6.54 Å². The van der Waals surface area contributed by atoms with Crippen molar-refractivity contribution in [2.24, 2.45) is 0 Å². The Bertz CT molecular complexity index is 344. The zero-order chi connectivity index (χ0) is 10.5. The molecule has 0 aromatic carbocycles. The van der Waals surface area contributed by atoms with E-state index in [9.17, 15) is 0 Å². The molecule has 1 aromatic heterocycles. The molecule has 0 radical (unpaired) electrons. The minimum Gasteiger partial charge on any atom is -0.338 e. The second-order valence-electron chi connectivity index (χ2n) is 3.79. The summed E-state index contributed by atoms with van der Waals surface area (Å²) in [6.07, 6.45) is 1.97. The van der Waals surface area contributed by atoms with Crippen LogP contribution < -0.4 is 5.32 Å². The molecule has 1 N–H and O–H groups in total. The third-order valence-corrected chi connectivity index (χ3v) is 2.81. The van der Waals surface area contributed by atoms with E-state index in [1.54, 1.807) is 0 Å². The van der Waals surface area contributed by atoms with Crippen LogP contribution in [0.4, 0.5) is 0 Å². The molecule has 80 valence electrons. The van der Waals surface area contributed by atoms with Gasteiger partial charge in [-0.05, 0) is 12.1 Å². The van der Waals surface area contributed by atoms with Gasteiger partial charge in [0.2, 0.25) is 0 Å². The summed E-state index contributed by atoms with van der Waals surface area (Å²) in [6.45, 7) is 6.33. The second-order valence-corrected chi connectivity index (χ2v) is 3.79. The number of rotatable bonds is 3. The van der Waals surface area contributed by atoms with Crippen LogP contribution in [0.5, 0.6) is 0 Å². The van der Waals surface area contributed by atoms with Crippen LogP contribution in [0.1, 0.15) is 5.69 Å². The van der Waals surface area contributed by atoms with E-state index in [1.165, 1.54) is 0 Å². The molecule has 1 aliphatic rings. The smallest absolute Gasteiger partial charge is 0.120 e. The van der Waals surface area contributed by atoms with Crippen LogP contribution in [-0.4, -0.2) is 42.2 Å². The van der Waals surface area contributed by atoms with E-state index in [-0.39, 0.29) is 0 Å². The van der Waals surface area contributed by atoms with Crippen LogP contribution >= 0.6 is 0 Å². The van der Waals surface area contributed by atoms with Gasteiger partial charge in [0.15, 0.2) is 0 Å². The van der Waals surface area contributed by atoms with Gasteiger partial charge in [0.05, 0.1) is 0 Å². The third kappa shape index (κ3) is 2.58. The van der Waals surface area contributed by atoms with Crippen molar-refractivity contribution in [2.75, 3.05) is 32.7 Å². The Hall–Kier alpha value is -1.31. The molecular weight excluding hydrogens is 188 g/mol. The van der Waals surface area contributed by atoms with Gasteiger partial charge < -0.3 is 9.88 Å². The molecule has 1 saturated heterocycles. The van der Waals surface area contributed by atoms with Gasteiger partial charge in [0.1, 0.15) is 11.8 Å². The quantitative estimate of drug-likeness (QED) is 0.768. The Morgan fingerprint density at radius 1 is 1.33 bits per heavy atom. The molecule has 0 unspecified atom stereocenters. The Morgan fingerprint density at radius 2 is 2.13 bits per heavy atom. The zero-order valence-electron chi connectivity index (χ0n) is 8.82. The number of nitriles is 1. The van der Waals surface area contributed by atoms with E-state index < -0.39 is 0 Å². The van der Waals surface area contributed by atoms with Crippen LogP contribution in [-0.2, 0) is 6.54 Å². The van der Waals surface area contributed by atoms with E-state index >= 15 is 0 Å². The minimum absolute atomic E-state index is 0.755. The van der Waals surface area contributed by atoms with Crippen LogP contribution in [0.25, 0.3) is 0 Å². The van der Waals surface area contributed by atoms with E-state index in [0.717, 1.165) is 45.0 Å². The maximum absolute atomic E-state index is 8.85. The largest absolute Gasteiger partial charge is 0.338 e. The lowest BCUT2D eigenvalue weighted by atomic mass is 10.3. The maximum atomic E-state index is 8.85. The Balaban J connectivity index is 1.85. The summed E-state index contributed by atoms with van der Waals surface area (Å²) in [6, 6.07) is 5.98. The molecule has 0 amide bonds. The van der Waals surface area contributed by atoms with Crippen molar-refractivity contribution < 1.29 is 0 Å². The van der Waals surface area contributed by atoms with Gasteiger partial charge in [0.25, 0.3) is 0 Å². The monoisotopic (exact) mass is 204 g/mol. The van der Waals surface area contributed by atoms with Crippen molar-refractivity contribution in [3.63, 3.8) is 0 Å². The summed E-state index contributed by atoms with van der Waals surface area (Å²) in [5, 5.41) is 12.2. The van der Waals surface area contributed by atoms with Crippen LogP contribution in [0.2, 0.25) is 0 Å². The first-order valence-corrected chi connectivity index (χ1v) is 5.38. The van der Waals surface area contributed by atoms with Crippen LogP contribution in [0.15, 0.2) is 18.3 Å². The molecule has 2 rings (SSSR count). The van der Waals surface area contributed by atoms with Gasteiger partial charge in [-0.2, -0.15) is 5.26 Å².